The molecule has 3 saturated heterocycles. The lowest BCUT2D eigenvalue weighted by Gasteiger charge is -2.48. The fourth-order valence-electron chi connectivity index (χ4n) is 10.6. The van der Waals surface area contributed by atoms with Crippen LogP contribution in [-0.2, 0) is 48.0 Å². The number of hydrogen-bond acceptors (Lipinski definition) is 11. The van der Waals surface area contributed by atoms with E-state index in [0.29, 0.717) is 56.9 Å². The van der Waals surface area contributed by atoms with E-state index in [4.69, 9.17) is 19.4 Å². The molecule has 4 aliphatic rings. The number of rotatable bonds is 11. The Labute approximate surface area is 416 Å². The predicted octanol–water partition coefficient (Wildman–Crippen LogP) is 5.64. The number of urea groups is 1. The number of allylic oxidation sites excluding steroid dienone is 1. The van der Waals surface area contributed by atoms with Gasteiger partial charge in [-0.3, -0.25) is 29.2 Å². The maximum atomic E-state index is 14.8. The van der Waals surface area contributed by atoms with Gasteiger partial charge in [-0.2, -0.15) is 0 Å². The minimum atomic E-state index is -0.975. The summed E-state index contributed by atoms with van der Waals surface area (Å²) in [4.78, 5) is 84.5. The first-order chi connectivity index (χ1) is 33.5. The molecule has 7 heterocycles. The Hall–Kier alpha value is -5.63. The molecular formula is C51H64FN9O7SSi. The highest BCUT2D eigenvalue weighted by Crippen LogP contribution is 2.42. The first-order valence-electron chi connectivity index (χ1n) is 24.2. The van der Waals surface area contributed by atoms with Crippen molar-refractivity contribution in [3.05, 3.63) is 70.3 Å². The molecular weight excluding hydrogens is 930 g/mol. The van der Waals surface area contributed by atoms with Crippen molar-refractivity contribution in [1.82, 2.24) is 45.0 Å². The van der Waals surface area contributed by atoms with Gasteiger partial charge in [0, 0.05) is 97.1 Å². The molecule has 0 spiro atoms. The number of hydrogen-bond donors (Lipinski definition) is 2. The molecule has 2 N–H and O–H groups in total. The number of ether oxygens (including phenoxy) is 2. The van der Waals surface area contributed by atoms with E-state index in [2.05, 4.69) is 70.2 Å². The van der Waals surface area contributed by atoms with E-state index in [9.17, 15) is 28.4 Å². The van der Waals surface area contributed by atoms with Crippen LogP contribution in [0.1, 0.15) is 83.2 Å². The van der Waals surface area contributed by atoms with Gasteiger partial charge in [-0.15, -0.1) is 11.3 Å². The number of methoxy groups -OCH3 is 1. The van der Waals surface area contributed by atoms with Gasteiger partial charge in [0.25, 0.3) is 0 Å². The number of carbonyl (C=O) groups is 5. The van der Waals surface area contributed by atoms with Crippen LogP contribution in [0.5, 0.6) is 0 Å². The molecule has 1 aromatic carbocycles. The lowest BCUT2D eigenvalue weighted by molar-refractivity contribution is -0.155. The number of fused-ring (bicyclic) bond motifs is 7. The SMILES string of the molecule is CCn1c(-c2cccnc2[C@H](C)OC)c2c3cc(ccc31)-c1csc(n1)CC(C(=[Si])NC(=O)[C@H](C(C)C)N(C)C(=O)N1C[C@H]3[C@@H]1CCN3C(=O)/C=C/CF)C(=O)N1CCC[C@H](N1)C(=O)OCC(C)(C)C2. The summed E-state index contributed by atoms with van der Waals surface area (Å²) < 4.78 is 27.0. The van der Waals surface area contributed by atoms with E-state index in [0.717, 1.165) is 44.7 Å². The fourth-order valence-corrected chi connectivity index (χ4v) is 11.8. The lowest BCUT2D eigenvalue weighted by atomic mass is 9.84. The third-order valence-electron chi connectivity index (χ3n) is 14.2. The minimum Gasteiger partial charge on any atom is -0.464 e. The number of thiazole rings is 1. The van der Waals surface area contributed by atoms with Crippen LogP contribution in [0.4, 0.5) is 9.18 Å². The van der Waals surface area contributed by atoms with Gasteiger partial charge < -0.3 is 34.1 Å². The predicted molar refractivity (Wildman–Crippen MR) is 267 cm³/mol. The number of alkyl halides is 1. The fraction of sp³-hybridized carbons (Fsp3) is 0.529. The molecule has 2 radical (unpaired) electrons. The summed E-state index contributed by atoms with van der Waals surface area (Å²) in [5.74, 6) is -2.92. The zero-order chi connectivity index (χ0) is 50.2. The van der Waals surface area contributed by atoms with E-state index in [1.807, 2.05) is 32.2 Å². The van der Waals surface area contributed by atoms with Crippen molar-refractivity contribution >= 4 is 67.1 Å². The standard InChI is InChI=1S/C51H64FN9O7SSi/c1-9-58-38-17-16-31-23-33(38)35(45(58)32-13-11-20-53-43(32)30(4)67-8)25-51(5,6)28-68-49(65)36-14-12-21-61(56-36)48(64)34(24-41-54-37(31)27-69-41)47(70)55-46(63)44(29(2)3)57(7)50(66)60-26-40-39(60)18-22-59(40)42(62)15-10-19-52/h10-11,13,15-17,20,23,27,29-30,34,36,39-40,44,56H,9,12,14,18-19,21-22,24-26,28H2,1-8H3,(H,55,63)/b15-10+/t30-,34?,36-,39-,40-,44-/m0/s1. The van der Waals surface area contributed by atoms with E-state index in [-0.39, 0.29) is 60.3 Å². The molecule has 19 heteroatoms. The summed E-state index contributed by atoms with van der Waals surface area (Å²) in [5.41, 5.74) is 9.24. The number of pyridine rings is 1. The third kappa shape index (κ3) is 9.99. The van der Waals surface area contributed by atoms with Crippen LogP contribution in [-0.4, -0.2) is 150 Å². The number of amides is 5. The monoisotopic (exact) mass is 993 g/mol. The normalized spacial score (nSPS) is 22.3. The highest BCUT2D eigenvalue weighted by atomic mass is 32.1. The maximum Gasteiger partial charge on any atom is 0.324 e. The highest BCUT2D eigenvalue weighted by Gasteiger charge is 2.52. The number of nitrogens with zero attached hydrogens (tertiary/aromatic N) is 7. The van der Waals surface area contributed by atoms with Gasteiger partial charge >= 0.3 is 12.0 Å². The minimum absolute atomic E-state index is 0.114. The maximum absolute atomic E-state index is 14.8. The molecule has 3 fully saturated rings. The molecule has 3 aromatic heterocycles. The quantitative estimate of drug-likeness (QED) is 0.109. The largest absolute Gasteiger partial charge is 0.464 e. The van der Waals surface area contributed by atoms with E-state index < -0.39 is 42.0 Å². The number of nitrogens with one attached hydrogen (secondary N) is 2. The Morgan fingerprint density at radius 1 is 1.13 bits per heavy atom. The highest BCUT2D eigenvalue weighted by molar-refractivity contribution is 7.10. The molecule has 0 aliphatic carbocycles. The van der Waals surface area contributed by atoms with Crippen molar-refractivity contribution in [3.8, 4) is 22.5 Å². The zero-order valence-electron chi connectivity index (χ0n) is 41.3. The van der Waals surface area contributed by atoms with Crippen LogP contribution >= 0.6 is 11.3 Å². The smallest absolute Gasteiger partial charge is 0.324 e. The van der Waals surface area contributed by atoms with Crippen molar-refractivity contribution in [2.24, 2.45) is 17.3 Å². The Morgan fingerprint density at radius 2 is 1.91 bits per heavy atom. The molecule has 4 aliphatic heterocycles. The van der Waals surface area contributed by atoms with Gasteiger partial charge in [-0.05, 0) is 81.4 Å². The molecule has 1 unspecified atom stereocenters. The van der Waals surface area contributed by atoms with E-state index in [1.54, 1.807) is 30.2 Å². The molecule has 4 aromatic rings. The number of likely N-dealkylation sites (tertiary alicyclic amines) is 2. The van der Waals surface area contributed by atoms with Crippen molar-refractivity contribution in [3.63, 3.8) is 0 Å². The summed E-state index contributed by atoms with van der Waals surface area (Å²) in [6, 6.07) is 7.93. The first-order valence-corrected chi connectivity index (χ1v) is 25.6. The molecule has 5 amide bonds. The summed E-state index contributed by atoms with van der Waals surface area (Å²) in [6.45, 7) is 13.1. The van der Waals surface area contributed by atoms with Gasteiger partial charge in [0.05, 0.1) is 62.7 Å². The molecule has 6 bridgehead atoms. The van der Waals surface area contributed by atoms with Crippen LogP contribution in [0.2, 0.25) is 0 Å². The number of benzene rings is 1. The second kappa shape index (κ2) is 21.0. The number of cyclic esters (lactones) is 1. The average Bonchev–Trinajstić information content (AvgIpc) is 4.03. The summed E-state index contributed by atoms with van der Waals surface area (Å²) in [7, 11) is 6.97. The van der Waals surface area contributed by atoms with Crippen LogP contribution < -0.4 is 10.7 Å². The van der Waals surface area contributed by atoms with Crippen molar-refractivity contribution in [1.29, 1.82) is 0 Å². The van der Waals surface area contributed by atoms with Crippen LogP contribution in [0.25, 0.3) is 33.4 Å². The molecule has 70 heavy (non-hydrogen) atoms. The van der Waals surface area contributed by atoms with Gasteiger partial charge in [0.15, 0.2) is 0 Å². The molecule has 372 valence electrons. The second-order valence-corrected chi connectivity index (χ2v) is 21.4. The first kappa shape index (κ1) is 50.7. The Morgan fingerprint density at radius 3 is 2.64 bits per heavy atom. The number of aryl methyl sites for hydroxylation is 1. The van der Waals surface area contributed by atoms with Crippen LogP contribution in [0.3, 0.4) is 0 Å². The summed E-state index contributed by atoms with van der Waals surface area (Å²) >= 11 is 1.42. The number of halogens is 1. The zero-order valence-corrected chi connectivity index (χ0v) is 43.1. The van der Waals surface area contributed by atoms with Crippen LogP contribution in [0, 0.1) is 17.3 Å². The Balaban J connectivity index is 1.10. The van der Waals surface area contributed by atoms with E-state index >= 15 is 0 Å². The van der Waals surface area contributed by atoms with E-state index in [1.165, 1.54) is 33.4 Å². The second-order valence-electron chi connectivity index (χ2n) is 19.9. The number of hydrazine groups is 1. The Bertz CT molecular complexity index is 2700. The number of aromatic nitrogens is 3. The third-order valence-corrected chi connectivity index (χ3v) is 15.6. The molecule has 16 nitrogen and oxygen atoms in total. The summed E-state index contributed by atoms with van der Waals surface area (Å²) in [5, 5.41) is 8.27. The van der Waals surface area contributed by atoms with Gasteiger partial charge in [-0.25, -0.2) is 19.6 Å². The number of carbonyl (C=O) groups excluding carboxylic acids is 5. The lowest BCUT2D eigenvalue weighted by Crippen LogP contribution is -2.68. The van der Waals surface area contributed by atoms with Crippen LogP contribution in [0.15, 0.2) is 54.1 Å². The van der Waals surface area contributed by atoms with Crippen molar-refractivity contribution < 1.29 is 37.8 Å². The number of likely N-dealkylation sites (N-methyl/N-ethyl adjacent to an activating group) is 1. The molecule has 8 rings (SSSR count). The summed E-state index contributed by atoms with van der Waals surface area (Å²) in [6.07, 6.45) is 6.18. The topological polar surface area (TPSA) is 172 Å². The molecule has 6 atom stereocenters. The average molecular weight is 994 g/mol. The Kier molecular flexibility index (Phi) is 15.2. The molecule has 0 saturated carbocycles. The van der Waals surface area contributed by atoms with Gasteiger partial charge in [-0.1, -0.05) is 33.8 Å². The number of esters is 1. The van der Waals surface area contributed by atoms with Gasteiger partial charge in [0.2, 0.25) is 17.7 Å². The van der Waals surface area contributed by atoms with Crippen molar-refractivity contribution in [2.75, 3.05) is 47.1 Å². The van der Waals surface area contributed by atoms with Gasteiger partial charge in [0.1, 0.15) is 18.8 Å². The van der Waals surface area contributed by atoms with Crippen molar-refractivity contribution in [2.45, 2.75) is 110 Å².